The van der Waals surface area contributed by atoms with Gasteiger partial charge >= 0.3 is 0 Å². The van der Waals surface area contributed by atoms with Gasteiger partial charge in [0.05, 0.1) is 4.91 Å². The van der Waals surface area contributed by atoms with E-state index in [2.05, 4.69) is 39.1 Å². The largest absolute Gasteiger partial charge is 0.366 e. The number of hydrogen-bond acceptors (Lipinski definition) is 5. The van der Waals surface area contributed by atoms with Crippen molar-refractivity contribution in [3.8, 4) is 0 Å². The summed E-state index contributed by atoms with van der Waals surface area (Å²) in [5, 5.41) is 2.77. The van der Waals surface area contributed by atoms with Gasteiger partial charge in [-0.2, -0.15) is 0 Å². The zero-order valence-electron chi connectivity index (χ0n) is 15.1. The first-order chi connectivity index (χ1) is 10.5. The lowest BCUT2D eigenvalue weighted by molar-refractivity contribution is -0.104. The van der Waals surface area contributed by atoms with Gasteiger partial charge in [-0.15, -0.1) is 0 Å². The predicted molar refractivity (Wildman–Crippen MR) is 100 cm³/mol. The van der Waals surface area contributed by atoms with Gasteiger partial charge in [-0.1, -0.05) is 64.5 Å². The maximum Gasteiger partial charge on any atom is 0.157 e. The molecule has 2 rings (SSSR count). The number of thioether (sulfide) groups is 1. The summed E-state index contributed by atoms with van der Waals surface area (Å²) in [5.74, 6) is 0.690. The Morgan fingerprint density at radius 1 is 1.36 bits per heavy atom. The Bertz CT molecular complexity index is 343. The molecule has 0 spiro atoms. The van der Waals surface area contributed by atoms with E-state index in [4.69, 9.17) is 11.5 Å². The van der Waals surface area contributed by atoms with Gasteiger partial charge in [-0.25, -0.2) is 0 Å². The quantitative estimate of drug-likeness (QED) is 0.504. The molecule has 1 aliphatic heterocycles. The highest BCUT2D eigenvalue weighted by Crippen LogP contribution is 2.21. The minimum absolute atomic E-state index is 0.129. The summed E-state index contributed by atoms with van der Waals surface area (Å²) in [6.45, 7) is 12.6. The maximum absolute atomic E-state index is 9.97. The second-order valence-corrected chi connectivity index (χ2v) is 6.32. The van der Waals surface area contributed by atoms with Crippen LogP contribution < -0.4 is 16.8 Å². The molecule has 5 heteroatoms. The van der Waals surface area contributed by atoms with Crippen molar-refractivity contribution in [1.29, 1.82) is 0 Å². The molecule has 3 atom stereocenters. The molecule has 5 N–H and O–H groups in total. The van der Waals surface area contributed by atoms with Crippen molar-refractivity contribution in [2.45, 2.75) is 72.3 Å². The Balaban J connectivity index is 0. The summed E-state index contributed by atoms with van der Waals surface area (Å²) in [5.41, 5.74) is 12.4. The Hall–Kier alpha value is -0.780. The molecule has 0 radical (unpaired) electrons. The molecular weight excluding hydrogens is 294 g/mol. The first kappa shape index (κ1) is 23.5. The van der Waals surface area contributed by atoms with E-state index in [1.807, 2.05) is 13.8 Å². The summed E-state index contributed by atoms with van der Waals surface area (Å²) < 4.78 is 0. The van der Waals surface area contributed by atoms with Crippen LogP contribution >= 0.6 is 11.8 Å². The van der Waals surface area contributed by atoms with E-state index >= 15 is 0 Å². The molecule has 0 bridgehead atoms. The fraction of sp³-hybridized carbons (Fsp3) is 0.706. The highest BCUT2D eigenvalue weighted by molar-refractivity contribution is 8.04. The molecule has 1 heterocycles. The monoisotopic (exact) mass is 329 g/mol. The highest BCUT2D eigenvalue weighted by atomic mass is 32.2. The van der Waals surface area contributed by atoms with Gasteiger partial charge < -0.3 is 16.8 Å². The predicted octanol–water partition coefficient (Wildman–Crippen LogP) is 3.74. The first-order valence-electron chi connectivity index (χ1n) is 8.22. The smallest absolute Gasteiger partial charge is 0.157 e. The van der Waals surface area contributed by atoms with Gasteiger partial charge in [0.1, 0.15) is 5.50 Å². The molecule has 3 unspecified atom stereocenters. The molecule has 130 valence electrons. The second kappa shape index (κ2) is 15.1. The first-order valence-corrected chi connectivity index (χ1v) is 9.10. The van der Waals surface area contributed by atoms with Crippen molar-refractivity contribution in [2.24, 2.45) is 17.4 Å². The van der Waals surface area contributed by atoms with Crippen molar-refractivity contribution in [3.63, 3.8) is 0 Å². The lowest BCUT2D eigenvalue weighted by atomic mass is 9.87. The SMILES string of the molecule is CC.CC1=CCCC(C)C1N.CCC.NC1NC=C(C=O)S1. The summed E-state index contributed by atoms with van der Waals surface area (Å²) in [6.07, 6.45) is 8.39. The van der Waals surface area contributed by atoms with Crippen LogP contribution in [0.15, 0.2) is 22.8 Å². The molecule has 0 saturated carbocycles. The molecule has 0 saturated heterocycles. The van der Waals surface area contributed by atoms with Crippen molar-refractivity contribution < 1.29 is 4.79 Å². The van der Waals surface area contributed by atoms with Crippen LogP contribution in [0.1, 0.15) is 60.8 Å². The topological polar surface area (TPSA) is 81.1 Å². The minimum Gasteiger partial charge on any atom is -0.366 e. The van der Waals surface area contributed by atoms with E-state index in [9.17, 15) is 4.79 Å². The van der Waals surface area contributed by atoms with Gasteiger partial charge in [-0.05, 0) is 25.7 Å². The molecule has 1 aliphatic carbocycles. The third-order valence-corrected chi connectivity index (χ3v) is 3.87. The molecule has 0 fully saturated rings. The van der Waals surface area contributed by atoms with Crippen LogP contribution in [0.2, 0.25) is 0 Å². The molecule has 22 heavy (non-hydrogen) atoms. The number of rotatable bonds is 1. The minimum atomic E-state index is -0.129. The Kier molecular flexibility index (Phi) is 16.2. The zero-order valence-corrected chi connectivity index (χ0v) is 15.9. The van der Waals surface area contributed by atoms with Crippen LogP contribution in [0, 0.1) is 5.92 Å². The van der Waals surface area contributed by atoms with E-state index in [1.165, 1.54) is 36.6 Å². The van der Waals surface area contributed by atoms with Crippen molar-refractivity contribution >= 4 is 18.0 Å². The molecule has 0 amide bonds. The van der Waals surface area contributed by atoms with E-state index in [-0.39, 0.29) is 5.50 Å². The third kappa shape index (κ3) is 10.9. The van der Waals surface area contributed by atoms with Gasteiger partial charge in [0.25, 0.3) is 0 Å². The van der Waals surface area contributed by atoms with Crippen molar-refractivity contribution in [2.75, 3.05) is 0 Å². The third-order valence-electron chi connectivity index (χ3n) is 3.00. The number of aldehydes is 1. The molecule has 0 aromatic carbocycles. The maximum atomic E-state index is 9.97. The van der Waals surface area contributed by atoms with Crippen LogP contribution in [0.3, 0.4) is 0 Å². The van der Waals surface area contributed by atoms with Crippen LogP contribution in [-0.2, 0) is 4.79 Å². The lowest BCUT2D eigenvalue weighted by Gasteiger charge is -2.24. The summed E-state index contributed by atoms with van der Waals surface area (Å²) in [7, 11) is 0. The van der Waals surface area contributed by atoms with E-state index in [0.717, 1.165) is 6.29 Å². The average molecular weight is 330 g/mol. The summed E-state index contributed by atoms with van der Waals surface area (Å²) in [4.78, 5) is 10.6. The van der Waals surface area contributed by atoms with Gasteiger partial charge in [-0.3, -0.25) is 4.79 Å². The fourth-order valence-electron chi connectivity index (χ4n) is 1.78. The Morgan fingerprint density at radius 3 is 2.18 bits per heavy atom. The van der Waals surface area contributed by atoms with Crippen LogP contribution in [0.25, 0.3) is 0 Å². The van der Waals surface area contributed by atoms with Crippen molar-refractivity contribution in [1.82, 2.24) is 5.32 Å². The molecule has 2 aliphatic rings. The Morgan fingerprint density at radius 2 is 1.91 bits per heavy atom. The standard InChI is InChI=1S/C8H15N.C4H6N2OS.C3H8.C2H6/c1-6-4-3-5-7(2)8(6)9;5-4-6-1-3(2-7)8-4;1-3-2;1-2/h4,7-8H,3,5,9H2,1-2H3;1-2,4,6H,5H2;3H2,1-2H3;1-2H3. The lowest BCUT2D eigenvalue weighted by Crippen LogP contribution is -2.31. The van der Waals surface area contributed by atoms with Gasteiger partial charge in [0, 0.05) is 12.2 Å². The molecular formula is C17H35N3OS. The Labute approximate surface area is 141 Å². The number of nitrogens with two attached hydrogens (primary N) is 2. The second-order valence-electron chi connectivity index (χ2n) is 5.11. The van der Waals surface area contributed by atoms with Gasteiger partial charge in [0.15, 0.2) is 6.29 Å². The fourth-order valence-corrected chi connectivity index (χ4v) is 2.40. The zero-order chi connectivity index (χ0) is 17.5. The van der Waals surface area contributed by atoms with Crippen LogP contribution in [-0.4, -0.2) is 17.8 Å². The highest BCUT2D eigenvalue weighted by Gasteiger charge is 2.16. The summed E-state index contributed by atoms with van der Waals surface area (Å²) in [6, 6.07) is 0.332. The van der Waals surface area contributed by atoms with Crippen molar-refractivity contribution in [3.05, 3.63) is 22.8 Å². The van der Waals surface area contributed by atoms with Gasteiger partial charge in [0.2, 0.25) is 0 Å². The van der Waals surface area contributed by atoms with E-state index in [1.54, 1.807) is 6.20 Å². The van der Waals surface area contributed by atoms with Crippen LogP contribution in [0.5, 0.6) is 0 Å². The molecule has 0 aromatic heterocycles. The van der Waals surface area contributed by atoms with E-state index < -0.39 is 0 Å². The molecule has 0 aromatic rings. The molecule has 4 nitrogen and oxygen atoms in total. The summed E-state index contributed by atoms with van der Waals surface area (Å²) >= 11 is 1.33. The average Bonchev–Trinajstić information content (AvgIpc) is 2.94. The number of carbonyl (C=O) groups is 1. The number of carbonyl (C=O) groups excluding carboxylic acids is 1. The number of nitrogens with one attached hydrogen (secondary N) is 1. The number of allylic oxidation sites excluding steroid dienone is 2. The van der Waals surface area contributed by atoms with Crippen LogP contribution in [0.4, 0.5) is 0 Å². The van der Waals surface area contributed by atoms with E-state index in [0.29, 0.717) is 16.9 Å². The number of hydrogen-bond donors (Lipinski definition) is 3. The normalized spacial score (nSPS) is 25.5.